The van der Waals surface area contributed by atoms with Gasteiger partial charge in [-0.1, -0.05) is 26.0 Å². The summed E-state index contributed by atoms with van der Waals surface area (Å²) in [5, 5.41) is 3.05. The van der Waals surface area contributed by atoms with Crippen LogP contribution in [0.2, 0.25) is 0 Å². The molecule has 0 aromatic heterocycles. The van der Waals surface area contributed by atoms with E-state index in [1.54, 1.807) is 7.11 Å². The third kappa shape index (κ3) is 6.10. The Labute approximate surface area is 151 Å². The maximum Gasteiger partial charge on any atom is 0.253 e. The highest BCUT2D eigenvalue weighted by Crippen LogP contribution is 2.29. The highest BCUT2D eigenvalue weighted by atomic mass is 16.5. The fourth-order valence-corrected chi connectivity index (χ4v) is 2.99. The number of methoxy groups -OCH3 is 1. The molecule has 1 aliphatic heterocycles. The minimum absolute atomic E-state index is 0.0741. The van der Waals surface area contributed by atoms with E-state index in [9.17, 15) is 4.79 Å². The number of carbonyl (C=O) groups is 1. The molecule has 1 atom stereocenters. The van der Waals surface area contributed by atoms with Crippen molar-refractivity contribution in [2.24, 2.45) is 5.92 Å². The summed E-state index contributed by atoms with van der Waals surface area (Å²) < 4.78 is 10.8. The van der Waals surface area contributed by atoms with Gasteiger partial charge in [0.15, 0.2) is 0 Å². The zero-order valence-corrected chi connectivity index (χ0v) is 16.0. The Morgan fingerprint density at radius 2 is 2.04 bits per heavy atom. The van der Waals surface area contributed by atoms with Crippen LogP contribution in [0.25, 0.3) is 0 Å². The van der Waals surface area contributed by atoms with Gasteiger partial charge in [0.1, 0.15) is 6.10 Å². The second-order valence-corrected chi connectivity index (χ2v) is 7.19. The fourth-order valence-electron chi connectivity index (χ4n) is 2.99. The maximum absolute atomic E-state index is 12.4. The summed E-state index contributed by atoms with van der Waals surface area (Å²) in [7, 11) is 1.73. The smallest absolute Gasteiger partial charge is 0.253 e. The van der Waals surface area contributed by atoms with Crippen LogP contribution in [-0.4, -0.2) is 43.8 Å². The summed E-state index contributed by atoms with van der Waals surface area (Å²) in [5.41, 5.74) is 3.43. The number of anilines is 1. The van der Waals surface area contributed by atoms with Crippen molar-refractivity contribution in [1.82, 2.24) is 4.90 Å². The van der Waals surface area contributed by atoms with Gasteiger partial charge in [0, 0.05) is 45.6 Å². The van der Waals surface area contributed by atoms with Crippen LogP contribution in [0.3, 0.4) is 0 Å². The lowest BCUT2D eigenvalue weighted by molar-refractivity contribution is -0.126. The molecule has 0 bridgehead atoms. The Bertz CT molecular complexity index is 560. The number of nitrogens with zero attached hydrogens (tertiary/aromatic N) is 1. The van der Waals surface area contributed by atoms with E-state index in [1.165, 1.54) is 11.1 Å². The first-order valence-electron chi connectivity index (χ1n) is 9.25. The summed E-state index contributed by atoms with van der Waals surface area (Å²) in [6.07, 6.45) is 1.55. The molecule has 1 aliphatic rings. The third-order valence-corrected chi connectivity index (χ3v) is 4.56. The van der Waals surface area contributed by atoms with Gasteiger partial charge in [-0.15, -0.1) is 0 Å². The van der Waals surface area contributed by atoms with Gasteiger partial charge in [0.25, 0.3) is 5.91 Å². The van der Waals surface area contributed by atoms with Gasteiger partial charge in [0.05, 0.1) is 0 Å². The van der Waals surface area contributed by atoms with E-state index >= 15 is 0 Å². The number of benzene rings is 1. The maximum atomic E-state index is 12.4. The number of ether oxygens (including phenoxy) is 2. The minimum atomic E-state index is -0.436. The van der Waals surface area contributed by atoms with Crippen molar-refractivity contribution in [3.8, 4) is 0 Å². The lowest BCUT2D eigenvalue weighted by atomic mass is 10.1. The number of hydrogen-bond donors (Lipinski definition) is 1. The predicted molar refractivity (Wildman–Crippen MR) is 101 cm³/mol. The number of nitrogens with one attached hydrogen (secondary N) is 1. The van der Waals surface area contributed by atoms with Crippen LogP contribution in [0.1, 0.15) is 44.7 Å². The lowest BCUT2D eigenvalue weighted by Gasteiger charge is -2.16. The van der Waals surface area contributed by atoms with Crippen molar-refractivity contribution >= 4 is 11.6 Å². The predicted octanol–water partition coefficient (Wildman–Crippen LogP) is 3.43. The molecule has 140 valence electrons. The minimum Gasteiger partial charge on any atom is -0.385 e. The molecule has 1 N–H and O–H groups in total. The van der Waals surface area contributed by atoms with Gasteiger partial charge in [-0.25, -0.2) is 0 Å². The Balaban J connectivity index is 1.89. The second-order valence-electron chi connectivity index (χ2n) is 7.19. The van der Waals surface area contributed by atoms with E-state index in [0.29, 0.717) is 12.5 Å². The summed E-state index contributed by atoms with van der Waals surface area (Å²) in [4.78, 5) is 14.8. The summed E-state index contributed by atoms with van der Waals surface area (Å²) >= 11 is 0. The number of rotatable bonds is 10. The molecule has 0 saturated carbocycles. The van der Waals surface area contributed by atoms with E-state index in [4.69, 9.17) is 9.47 Å². The molecule has 0 spiro atoms. The van der Waals surface area contributed by atoms with Crippen molar-refractivity contribution in [3.63, 3.8) is 0 Å². The van der Waals surface area contributed by atoms with E-state index in [2.05, 4.69) is 30.1 Å². The number of hydrogen-bond acceptors (Lipinski definition) is 4. The van der Waals surface area contributed by atoms with Crippen LogP contribution in [0.4, 0.5) is 5.69 Å². The van der Waals surface area contributed by atoms with Crippen LogP contribution < -0.4 is 5.32 Å². The first kappa shape index (κ1) is 19.9. The lowest BCUT2D eigenvalue weighted by Crippen LogP contribution is -2.28. The van der Waals surface area contributed by atoms with Gasteiger partial charge in [-0.3, -0.25) is 9.69 Å². The Morgan fingerprint density at radius 3 is 2.76 bits per heavy atom. The fraction of sp³-hybridized carbons (Fsp3) is 0.650. The summed E-state index contributed by atoms with van der Waals surface area (Å²) in [6.45, 7) is 10.3. The monoisotopic (exact) mass is 348 g/mol. The molecule has 1 aromatic carbocycles. The molecule has 0 saturated heterocycles. The van der Waals surface area contributed by atoms with Crippen molar-refractivity contribution in [3.05, 3.63) is 29.3 Å². The molecule has 2 rings (SSSR count). The van der Waals surface area contributed by atoms with Gasteiger partial charge in [-0.2, -0.15) is 0 Å². The summed E-state index contributed by atoms with van der Waals surface area (Å²) in [6, 6.07) is 6.14. The zero-order valence-electron chi connectivity index (χ0n) is 16.0. The molecule has 0 fully saturated rings. The van der Waals surface area contributed by atoms with Crippen LogP contribution >= 0.6 is 0 Å². The van der Waals surface area contributed by atoms with Crippen molar-refractivity contribution < 1.29 is 14.3 Å². The molecule has 0 radical (unpaired) electrons. The van der Waals surface area contributed by atoms with Crippen molar-refractivity contribution in [1.29, 1.82) is 0 Å². The third-order valence-electron chi connectivity index (χ3n) is 4.56. The van der Waals surface area contributed by atoms with Crippen LogP contribution in [-0.2, 0) is 27.4 Å². The van der Waals surface area contributed by atoms with Gasteiger partial charge >= 0.3 is 0 Å². The Morgan fingerprint density at radius 1 is 1.24 bits per heavy atom. The van der Waals surface area contributed by atoms with Crippen LogP contribution in [0, 0.1) is 5.92 Å². The average molecular weight is 348 g/mol. The number of carbonyl (C=O) groups excluding carboxylic acids is 1. The zero-order chi connectivity index (χ0) is 18.2. The molecule has 5 heteroatoms. The first-order chi connectivity index (χ1) is 12.0. The largest absolute Gasteiger partial charge is 0.385 e. The molecule has 5 nitrogen and oxygen atoms in total. The first-order valence-corrected chi connectivity index (χ1v) is 9.25. The Kier molecular flexibility index (Phi) is 7.88. The molecule has 1 amide bonds. The molecular weight excluding hydrogens is 316 g/mol. The molecule has 0 aliphatic carbocycles. The number of amides is 1. The van der Waals surface area contributed by atoms with E-state index in [-0.39, 0.29) is 5.91 Å². The quantitative estimate of drug-likeness (QED) is 0.658. The van der Waals surface area contributed by atoms with Gasteiger partial charge in [-0.05, 0) is 42.9 Å². The average Bonchev–Trinajstić information content (AvgIpc) is 2.98. The summed E-state index contributed by atoms with van der Waals surface area (Å²) in [5.74, 6) is 0.506. The standard InChI is InChI=1S/C20H32N2O3/c1-15(2)9-12-25-16(3)20(23)21-19-8-5-7-17-13-22(14-18(17)19)10-6-11-24-4/h5,7-8,15-16H,6,9-14H2,1-4H3,(H,21,23)/t16-/m1/s1. The van der Waals surface area contributed by atoms with Crippen molar-refractivity contribution in [2.45, 2.75) is 52.8 Å². The van der Waals surface area contributed by atoms with Gasteiger partial charge in [0.2, 0.25) is 0 Å². The molecular formula is C20H32N2O3. The highest BCUT2D eigenvalue weighted by molar-refractivity contribution is 5.94. The second kappa shape index (κ2) is 9.90. The van der Waals surface area contributed by atoms with E-state index < -0.39 is 6.10 Å². The molecule has 25 heavy (non-hydrogen) atoms. The highest BCUT2D eigenvalue weighted by Gasteiger charge is 2.23. The van der Waals surface area contributed by atoms with Crippen LogP contribution in [0.15, 0.2) is 18.2 Å². The van der Waals surface area contributed by atoms with E-state index in [0.717, 1.165) is 44.8 Å². The normalized spacial score (nSPS) is 15.4. The topological polar surface area (TPSA) is 50.8 Å². The molecule has 1 heterocycles. The number of fused-ring (bicyclic) bond motifs is 1. The Hall–Kier alpha value is -1.43. The molecule has 0 unspecified atom stereocenters. The molecule has 1 aromatic rings. The van der Waals surface area contributed by atoms with E-state index in [1.807, 2.05) is 19.1 Å². The van der Waals surface area contributed by atoms with Crippen molar-refractivity contribution in [2.75, 3.05) is 32.2 Å². The SMILES string of the molecule is COCCCN1Cc2cccc(NC(=O)[C@@H](C)OCCC(C)C)c2C1. The van der Waals surface area contributed by atoms with Crippen LogP contribution in [0.5, 0.6) is 0 Å². The van der Waals surface area contributed by atoms with Gasteiger partial charge < -0.3 is 14.8 Å².